The van der Waals surface area contributed by atoms with Gasteiger partial charge in [0.1, 0.15) is 22.5 Å². The highest BCUT2D eigenvalue weighted by molar-refractivity contribution is 6.31. The molecule has 1 aliphatic rings. The molecule has 2 atom stereocenters. The molecule has 1 saturated carbocycles. The number of nitrogens with zero attached hydrogens (tertiary/aromatic N) is 1. The Labute approximate surface area is 139 Å². The normalized spacial score (nSPS) is 20.9. The van der Waals surface area contributed by atoms with Crippen LogP contribution >= 0.6 is 11.6 Å². The van der Waals surface area contributed by atoms with Gasteiger partial charge in [0.25, 0.3) is 0 Å². The Morgan fingerprint density at radius 1 is 1.46 bits per heavy atom. The molecule has 0 spiro atoms. The van der Waals surface area contributed by atoms with E-state index in [9.17, 15) is 27.5 Å². The van der Waals surface area contributed by atoms with E-state index in [0.29, 0.717) is 6.07 Å². The van der Waals surface area contributed by atoms with Gasteiger partial charge in [-0.05, 0) is 13.0 Å². The third-order valence-corrected chi connectivity index (χ3v) is 3.52. The van der Waals surface area contributed by atoms with Gasteiger partial charge >= 0.3 is 5.97 Å². The highest BCUT2D eigenvalue weighted by Crippen LogP contribution is 2.31. The van der Waals surface area contributed by atoms with Crippen LogP contribution in [0.4, 0.5) is 17.6 Å². The van der Waals surface area contributed by atoms with Crippen LogP contribution in [0.25, 0.3) is 5.76 Å². The molecule has 0 amide bonds. The number of benzene rings is 1. The lowest BCUT2D eigenvalue weighted by atomic mass is 10.1. The summed E-state index contributed by atoms with van der Waals surface area (Å²) in [6, 6.07) is -0.339. The predicted molar refractivity (Wildman–Crippen MR) is 79.3 cm³/mol. The SMILES string of the molecule is CCOC(=O)/C(C=NC1CC1F)=C(\O)c1cc(F)c(F)c(Cl)c1F. The van der Waals surface area contributed by atoms with Crippen molar-refractivity contribution in [2.75, 3.05) is 6.61 Å². The molecule has 24 heavy (non-hydrogen) atoms. The van der Waals surface area contributed by atoms with Crippen molar-refractivity contribution in [3.8, 4) is 0 Å². The summed E-state index contributed by atoms with van der Waals surface area (Å²) in [5.74, 6) is -6.75. The summed E-state index contributed by atoms with van der Waals surface area (Å²) in [6.45, 7) is 1.41. The van der Waals surface area contributed by atoms with Crippen molar-refractivity contribution >= 4 is 29.5 Å². The number of aliphatic imine (C=N–C) groups is 1. The van der Waals surface area contributed by atoms with Gasteiger partial charge in [-0.1, -0.05) is 11.6 Å². The van der Waals surface area contributed by atoms with E-state index < -0.39 is 57.6 Å². The van der Waals surface area contributed by atoms with Crippen LogP contribution in [0.1, 0.15) is 18.9 Å². The molecule has 1 aliphatic carbocycles. The molecule has 0 bridgehead atoms. The molecule has 2 rings (SSSR count). The van der Waals surface area contributed by atoms with Gasteiger partial charge in [0.15, 0.2) is 17.5 Å². The van der Waals surface area contributed by atoms with E-state index in [-0.39, 0.29) is 13.0 Å². The first-order valence-electron chi connectivity index (χ1n) is 6.88. The molecule has 1 fully saturated rings. The smallest absolute Gasteiger partial charge is 0.343 e. The highest BCUT2D eigenvalue weighted by atomic mass is 35.5. The first kappa shape index (κ1) is 18.3. The number of ether oxygens (including phenoxy) is 1. The second kappa shape index (κ2) is 7.21. The van der Waals surface area contributed by atoms with Crippen molar-refractivity contribution in [1.29, 1.82) is 0 Å². The van der Waals surface area contributed by atoms with Crippen molar-refractivity contribution < 1.29 is 32.2 Å². The van der Waals surface area contributed by atoms with Crippen molar-refractivity contribution in [3.05, 3.63) is 39.7 Å². The van der Waals surface area contributed by atoms with Gasteiger partial charge in [0.05, 0.1) is 18.2 Å². The number of carbonyl (C=O) groups is 1. The average molecular weight is 366 g/mol. The van der Waals surface area contributed by atoms with Gasteiger partial charge < -0.3 is 9.84 Å². The van der Waals surface area contributed by atoms with Crippen molar-refractivity contribution in [2.45, 2.75) is 25.6 Å². The zero-order valence-electron chi connectivity index (χ0n) is 12.3. The summed E-state index contributed by atoms with van der Waals surface area (Å²) >= 11 is 5.31. The topological polar surface area (TPSA) is 58.9 Å². The van der Waals surface area contributed by atoms with E-state index in [0.717, 1.165) is 6.21 Å². The third-order valence-electron chi connectivity index (χ3n) is 3.18. The molecule has 0 saturated heterocycles. The van der Waals surface area contributed by atoms with Gasteiger partial charge in [-0.15, -0.1) is 0 Å². The van der Waals surface area contributed by atoms with Gasteiger partial charge in [0.2, 0.25) is 0 Å². The second-order valence-corrected chi connectivity index (χ2v) is 5.31. The van der Waals surface area contributed by atoms with Crippen LogP contribution in [0.15, 0.2) is 16.6 Å². The molecule has 0 aromatic heterocycles. The Morgan fingerprint density at radius 2 is 2.08 bits per heavy atom. The minimum absolute atomic E-state index is 0.0698. The molecule has 1 aromatic carbocycles. The maximum absolute atomic E-state index is 14.0. The van der Waals surface area contributed by atoms with E-state index in [1.165, 1.54) is 6.92 Å². The first-order valence-corrected chi connectivity index (χ1v) is 7.26. The number of carbonyl (C=O) groups excluding carboxylic acids is 1. The summed E-state index contributed by atoms with van der Waals surface area (Å²) in [7, 11) is 0. The van der Waals surface area contributed by atoms with Crippen molar-refractivity contribution in [2.24, 2.45) is 4.99 Å². The zero-order chi connectivity index (χ0) is 18.0. The lowest BCUT2D eigenvalue weighted by Gasteiger charge is -2.09. The summed E-state index contributed by atoms with van der Waals surface area (Å²) < 4.78 is 58.1. The average Bonchev–Trinajstić information content (AvgIpc) is 3.24. The Hall–Kier alpha value is -2.09. The maximum atomic E-state index is 14.0. The minimum atomic E-state index is -1.63. The molecule has 1 aromatic rings. The molecular formula is C15H12ClF4NO3. The molecule has 0 heterocycles. The van der Waals surface area contributed by atoms with E-state index in [4.69, 9.17) is 11.6 Å². The number of halogens is 5. The number of hydrogen-bond donors (Lipinski definition) is 1. The van der Waals surface area contributed by atoms with Gasteiger partial charge in [-0.25, -0.2) is 22.4 Å². The Balaban J connectivity index is 2.52. The number of esters is 1. The highest BCUT2D eigenvalue weighted by Gasteiger charge is 2.37. The fourth-order valence-corrected chi connectivity index (χ4v) is 1.98. The lowest BCUT2D eigenvalue weighted by Crippen LogP contribution is -2.12. The van der Waals surface area contributed by atoms with Crippen LogP contribution in [0, 0.1) is 17.5 Å². The first-order chi connectivity index (χ1) is 11.3. The Bertz CT molecular complexity index is 736. The number of aliphatic hydroxyl groups is 1. The summed E-state index contributed by atoms with van der Waals surface area (Å²) in [5, 5.41) is 8.93. The van der Waals surface area contributed by atoms with E-state index in [1.54, 1.807) is 0 Å². The number of rotatable bonds is 5. The van der Waals surface area contributed by atoms with Gasteiger partial charge in [0, 0.05) is 12.6 Å². The fraction of sp³-hybridized carbons (Fsp3) is 0.333. The monoisotopic (exact) mass is 365 g/mol. The van der Waals surface area contributed by atoms with E-state index in [1.807, 2.05) is 0 Å². The fourth-order valence-electron chi connectivity index (χ4n) is 1.79. The van der Waals surface area contributed by atoms with Crippen LogP contribution in [-0.4, -0.2) is 36.1 Å². The molecule has 1 N–H and O–H groups in total. The minimum Gasteiger partial charge on any atom is -0.506 e. The Kier molecular flexibility index (Phi) is 5.48. The van der Waals surface area contributed by atoms with Crippen molar-refractivity contribution in [1.82, 2.24) is 0 Å². The number of alkyl halides is 1. The molecule has 0 aliphatic heterocycles. The van der Waals surface area contributed by atoms with Crippen LogP contribution in [-0.2, 0) is 9.53 Å². The largest absolute Gasteiger partial charge is 0.506 e. The van der Waals surface area contributed by atoms with Crippen LogP contribution in [0.5, 0.6) is 0 Å². The van der Waals surface area contributed by atoms with Crippen molar-refractivity contribution in [3.63, 3.8) is 0 Å². The van der Waals surface area contributed by atoms with Gasteiger partial charge in [-0.2, -0.15) is 0 Å². The van der Waals surface area contributed by atoms with Crippen LogP contribution in [0.2, 0.25) is 5.02 Å². The van der Waals surface area contributed by atoms with Crippen LogP contribution in [0.3, 0.4) is 0 Å². The summed E-state index contributed by atoms with van der Waals surface area (Å²) in [6.07, 6.45) is -0.202. The van der Waals surface area contributed by atoms with E-state index >= 15 is 0 Å². The Morgan fingerprint density at radius 3 is 2.62 bits per heavy atom. The summed E-state index contributed by atoms with van der Waals surface area (Å²) in [5.41, 5.74) is -1.47. The summed E-state index contributed by atoms with van der Waals surface area (Å²) in [4.78, 5) is 15.6. The standard InChI is InChI=1S/C15H12ClF4NO3/c1-2-24-15(23)7(5-21-10-4-8(10)17)14(22)6-3-9(18)13(20)11(16)12(6)19/h3,5,8,10,22H,2,4H2,1H3/b14-7-,21-5?. The third kappa shape index (κ3) is 3.69. The quantitative estimate of drug-likeness (QED) is 0.164. The zero-order valence-corrected chi connectivity index (χ0v) is 13.1. The number of aliphatic hydroxyl groups excluding tert-OH is 1. The molecule has 0 radical (unpaired) electrons. The van der Waals surface area contributed by atoms with E-state index in [2.05, 4.69) is 9.73 Å². The maximum Gasteiger partial charge on any atom is 0.343 e. The second-order valence-electron chi connectivity index (χ2n) is 4.93. The molecule has 2 unspecified atom stereocenters. The molecule has 130 valence electrons. The lowest BCUT2D eigenvalue weighted by molar-refractivity contribution is -0.137. The molecule has 4 nitrogen and oxygen atoms in total. The van der Waals surface area contributed by atoms with Crippen LogP contribution < -0.4 is 0 Å². The molecule has 9 heteroatoms. The molecular weight excluding hydrogens is 354 g/mol. The number of hydrogen-bond acceptors (Lipinski definition) is 4. The van der Waals surface area contributed by atoms with Gasteiger partial charge in [-0.3, -0.25) is 4.99 Å². The predicted octanol–water partition coefficient (Wildman–Crippen LogP) is 3.77.